The fraction of sp³-hybridized carbons (Fsp3) is 0.804. The normalized spacial score (nSPS) is 13.7. The monoisotopic (exact) mass is 800 g/mol. The first-order chi connectivity index (χ1) is 28.0. The van der Waals surface area contributed by atoms with Crippen molar-refractivity contribution >= 4 is 11.9 Å². The predicted octanol–water partition coefficient (Wildman–Crippen LogP) is 14.3. The Bertz CT molecular complexity index is 988. The minimum Gasteiger partial charge on any atom is -0.462 e. The smallest absolute Gasteiger partial charge is 0.306 e. The van der Waals surface area contributed by atoms with Gasteiger partial charge in [-0.1, -0.05) is 185 Å². The van der Waals surface area contributed by atoms with Crippen molar-refractivity contribution in [1.82, 2.24) is 5.32 Å². The highest BCUT2D eigenvalue weighted by atomic mass is 16.5. The Hall–Kier alpha value is -2.18. The number of amides is 1. The van der Waals surface area contributed by atoms with Gasteiger partial charge in [0.05, 0.1) is 25.2 Å². The largest absolute Gasteiger partial charge is 0.462 e. The molecule has 0 saturated heterocycles. The van der Waals surface area contributed by atoms with E-state index in [2.05, 4.69) is 74.7 Å². The van der Waals surface area contributed by atoms with Gasteiger partial charge in [-0.05, 0) is 89.9 Å². The van der Waals surface area contributed by atoms with Crippen molar-refractivity contribution in [1.29, 1.82) is 0 Å². The number of nitrogens with one attached hydrogen (secondary N) is 1. The molecule has 0 aromatic heterocycles. The lowest BCUT2D eigenvalue weighted by atomic mass is 10.0. The topological polar surface area (TPSA) is 95.9 Å². The van der Waals surface area contributed by atoms with E-state index in [1.54, 1.807) is 0 Å². The van der Waals surface area contributed by atoms with E-state index in [1.807, 2.05) is 0 Å². The molecule has 0 aliphatic rings. The maximum atomic E-state index is 13.1. The second-order valence-corrected chi connectivity index (χ2v) is 16.5. The van der Waals surface area contributed by atoms with Gasteiger partial charge in [-0.2, -0.15) is 0 Å². The SMILES string of the molecule is CCCCC/C=C\C/C=C\C/C=C\CCCCC(CC(=O)NC(CO)C(O)CCCCCCCCCCC)OC(=O)CCCCC/C=C\CCCCCCCCC. The highest BCUT2D eigenvalue weighted by molar-refractivity contribution is 5.77. The molecule has 0 fully saturated rings. The van der Waals surface area contributed by atoms with E-state index in [-0.39, 0.29) is 24.9 Å². The lowest BCUT2D eigenvalue weighted by Gasteiger charge is -2.24. The Kier molecular flexibility index (Phi) is 43.2. The van der Waals surface area contributed by atoms with Crippen LogP contribution in [0.1, 0.15) is 239 Å². The average molecular weight is 800 g/mol. The van der Waals surface area contributed by atoms with Crippen LogP contribution in [0.3, 0.4) is 0 Å². The summed E-state index contributed by atoms with van der Waals surface area (Å²) in [5, 5.41) is 23.6. The molecule has 0 rings (SSSR count). The molecule has 0 aromatic rings. The average Bonchev–Trinajstić information content (AvgIpc) is 3.20. The third kappa shape index (κ3) is 40.4. The number of allylic oxidation sites excluding steroid dienone is 8. The molecule has 332 valence electrons. The molecule has 6 nitrogen and oxygen atoms in total. The number of rotatable bonds is 43. The zero-order valence-electron chi connectivity index (χ0n) is 37.7. The number of carbonyl (C=O) groups is 2. The van der Waals surface area contributed by atoms with E-state index in [0.29, 0.717) is 19.3 Å². The van der Waals surface area contributed by atoms with Gasteiger partial charge in [0.15, 0.2) is 0 Å². The number of ether oxygens (including phenoxy) is 1. The van der Waals surface area contributed by atoms with Crippen LogP contribution in [0.2, 0.25) is 0 Å². The van der Waals surface area contributed by atoms with E-state index in [1.165, 1.54) is 109 Å². The Morgan fingerprint density at radius 1 is 0.509 bits per heavy atom. The molecular weight excluding hydrogens is 707 g/mol. The summed E-state index contributed by atoms with van der Waals surface area (Å²) in [6, 6.07) is -0.714. The molecule has 0 heterocycles. The summed E-state index contributed by atoms with van der Waals surface area (Å²) in [5.74, 6) is -0.530. The van der Waals surface area contributed by atoms with Gasteiger partial charge in [0.2, 0.25) is 5.91 Å². The first kappa shape index (κ1) is 54.8. The minimum absolute atomic E-state index is 0.0458. The van der Waals surface area contributed by atoms with Gasteiger partial charge in [0, 0.05) is 6.42 Å². The van der Waals surface area contributed by atoms with Crippen LogP contribution >= 0.6 is 0 Å². The highest BCUT2D eigenvalue weighted by Gasteiger charge is 2.24. The molecule has 1 amide bonds. The van der Waals surface area contributed by atoms with E-state index in [4.69, 9.17) is 4.74 Å². The van der Waals surface area contributed by atoms with Crippen molar-refractivity contribution in [2.75, 3.05) is 6.61 Å². The molecule has 57 heavy (non-hydrogen) atoms. The van der Waals surface area contributed by atoms with Crippen molar-refractivity contribution in [3.05, 3.63) is 48.6 Å². The Morgan fingerprint density at radius 2 is 0.895 bits per heavy atom. The summed E-state index contributed by atoms with van der Waals surface area (Å²) in [5.41, 5.74) is 0. The number of unbranched alkanes of at least 4 members (excludes halogenated alkanes) is 23. The number of aliphatic hydroxyl groups excluding tert-OH is 2. The summed E-state index contributed by atoms with van der Waals surface area (Å²) in [4.78, 5) is 26.0. The predicted molar refractivity (Wildman–Crippen MR) is 245 cm³/mol. The van der Waals surface area contributed by atoms with Gasteiger partial charge in [-0.15, -0.1) is 0 Å². The molecule has 3 unspecified atom stereocenters. The molecule has 6 heteroatoms. The van der Waals surface area contributed by atoms with E-state index in [0.717, 1.165) is 83.5 Å². The highest BCUT2D eigenvalue weighted by Crippen LogP contribution is 2.16. The molecule has 0 spiro atoms. The molecule has 3 N–H and O–H groups in total. The van der Waals surface area contributed by atoms with Gasteiger partial charge in [0.1, 0.15) is 6.10 Å². The van der Waals surface area contributed by atoms with Crippen molar-refractivity contribution in [3.8, 4) is 0 Å². The summed E-state index contributed by atoms with van der Waals surface area (Å²) in [7, 11) is 0. The fourth-order valence-electron chi connectivity index (χ4n) is 7.14. The zero-order chi connectivity index (χ0) is 41.7. The summed E-state index contributed by atoms with van der Waals surface area (Å²) >= 11 is 0. The maximum Gasteiger partial charge on any atom is 0.306 e. The second kappa shape index (κ2) is 44.9. The van der Waals surface area contributed by atoms with Crippen LogP contribution in [-0.2, 0) is 14.3 Å². The quantitative estimate of drug-likeness (QED) is 0.0324. The van der Waals surface area contributed by atoms with Crippen LogP contribution in [0.15, 0.2) is 48.6 Å². The van der Waals surface area contributed by atoms with Crippen LogP contribution in [0.4, 0.5) is 0 Å². The Labute approximate surface area is 353 Å². The van der Waals surface area contributed by atoms with Crippen molar-refractivity contribution in [2.24, 2.45) is 0 Å². The van der Waals surface area contributed by atoms with Crippen LogP contribution in [0.5, 0.6) is 0 Å². The van der Waals surface area contributed by atoms with Crippen LogP contribution < -0.4 is 5.32 Å². The standard InChI is InChI=1S/C51H93NO5/c1-4-7-10-13-16-19-21-23-25-26-28-31-33-36-39-42-47(57-51(56)44-41-38-35-32-29-27-24-22-20-17-14-11-8-5-2)45-50(55)52-48(46-53)49(54)43-40-37-34-30-18-15-12-9-6-3/h16,19,23,25,27-29,31,47-49,53-54H,4-15,17-18,20-22,24,26,30,32-46H2,1-3H3,(H,52,55)/b19-16-,25-23-,29-27-,31-28-. The summed E-state index contributed by atoms with van der Waals surface area (Å²) in [6.45, 7) is 6.41. The van der Waals surface area contributed by atoms with Gasteiger partial charge in [-0.25, -0.2) is 0 Å². The molecule has 0 aliphatic carbocycles. The number of esters is 1. The molecule has 0 aromatic carbocycles. The summed E-state index contributed by atoms with van der Waals surface area (Å²) in [6.07, 6.45) is 53.1. The van der Waals surface area contributed by atoms with Gasteiger partial charge in [-0.3, -0.25) is 9.59 Å². The molecule has 0 saturated carbocycles. The Balaban J connectivity index is 4.69. The van der Waals surface area contributed by atoms with Crippen molar-refractivity contribution in [3.63, 3.8) is 0 Å². The summed E-state index contributed by atoms with van der Waals surface area (Å²) < 4.78 is 5.89. The van der Waals surface area contributed by atoms with Gasteiger partial charge in [0.25, 0.3) is 0 Å². The first-order valence-electron chi connectivity index (χ1n) is 24.4. The van der Waals surface area contributed by atoms with Gasteiger partial charge >= 0.3 is 5.97 Å². The van der Waals surface area contributed by atoms with E-state index in [9.17, 15) is 19.8 Å². The third-order valence-electron chi connectivity index (χ3n) is 10.9. The molecular formula is C51H93NO5. The molecule has 0 radical (unpaired) electrons. The Morgan fingerprint density at radius 3 is 1.42 bits per heavy atom. The molecule has 0 aliphatic heterocycles. The number of aliphatic hydroxyl groups is 2. The van der Waals surface area contributed by atoms with Crippen LogP contribution in [0, 0.1) is 0 Å². The fourth-order valence-corrected chi connectivity index (χ4v) is 7.14. The first-order valence-corrected chi connectivity index (χ1v) is 24.4. The third-order valence-corrected chi connectivity index (χ3v) is 10.9. The van der Waals surface area contributed by atoms with Crippen LogP contribution in [0.25, 0.3) is 0 Å². The number of hydrogen-bond donors (Lipinski definition) is 3. The number of hydrogen-bond acceptors (Lipinski definition) is 5. The van der Waals surface area contributed by atoms with E-state index >= 15 is 0 Å². The number of carbonyl (C=O) groups excluding carboxylic acids is 2. The molecule has 3 atom stereocenters. The van der Waals surface area contributed by atoms with E-state index < -0.39 is 18.2 Å². The lowest BCUT2D eigenvalue weighted by Crippen LogP contribution is -2.46. The zero-order valence-corrected chi connectivity index (χ0v) is 37.7. The maximum absolute atomic E-state index is 13.1. The van der Waals surface area contributed by atoms with Gasteiger partial charge < -0.3 is 20.3 Å². The van der Waals surface area contributed by atoms with Crippen molar-refractivity contribution in [2.45, 2.75) is 257 Å². The van der Waals surface area contributed by atoms with Crippen LogP contribution in [-0.4, -0.2) is 46.9 Å². The lowest BCUT2D eigenvalue weighted by molar-refractivity contribution is -0.151. The minimum atomic E-state index is -0.798. The van der Waals surface area contributed by atoms with Crippen molar-refractivity contribution < 1.29 is 24.5 Å². The second-order valence-electron chi connectivity index (χ2n) is 16.5. The molecule has 0 bridgehead atoms.